The van der Waals surface area contributed by atoms with E-state index in [1.165, 1.54) is 11.1 Å². The maximum Gasteiger partial charge on any atom is 0.212 e. The lowest BCUT2D eigenvalue weighted by molar-refractivity contribution is -0.0132. The Balaban J connectivity index is 1.53. The van der Waals surface area contributed by atoms with Crippen LogP contribution in [-0.4, -0.2) is 42.2 Å². The minimum absolute atomic E-state index is 0.0574. The number of likely N-dealkylation sites (tertiary alicyclic amines) is 1. The first-order valence-corrected chi connectivity index (χ1v) is 9.26. The Morgan fingerprint density at radius 1 is 1.12 bits per heavy atom. The minimum atomic E-state index is 0.0574. The van der Waals surface area contributed by atoms with Gasteiger partial charge in [0.2, 0.25) is 5.88 Å². The lowest BCUT2D eigenvalue weighted by Crippen LogP contribution is -2.49. The monoisotopic (exact) mass is 338 g/mol. The molecule has 1 spiro atoms. The van der Waals surface area contributed by atoms with E-state index in [9.17, 15) is 0 Å². The van der Waals surface area contributed by atoms with Crippen molar-refractivity contribution in [2.45, 2.75) is 38.2 Å². The topological polar surface area (TPSA) is 34.6 Å². The first-order valence-electron chi connectivity index (χ1n) is 9.26. The smallest absolute Gasteiger partial charge is 0.212 e. The van der Waals surface area contributed by atoms with Crippen LogP contribution in [0.2, 0.25) is 0 Å². The molecule has 1 saturated heterocycles. The highest BCUT2D eigenvalue weighted by Crippen LogP contribution is 2.40. The molecule has 2 aliphatic rings. The molecule has 2 aliphatic heterocycles. The van der Waals surface area contributed by atoms with Gasteiger partial charge in [0.05, 0.1) is 7.11 Å². The number of hydrogen-bond acceptors (Lipinski definition) is 4. The van der Waals surface area contributed by atoms with Crippen LogP contribution < -0.4 is 9.47 Å². The molecule has 0 N–H and O–H groups in total. The summed E-state index contributed by atoms with van der Waals surface area (Å²) in [6, 6.07) is 10.5. The summed E-state index contributed by atoms with van der Waals surface area (Å²) in [5, 5.41) is 0. The molecule has 1 aromatic carbocycles. The second-order valence-corrected chi connectivity index (χ2v) is 7.13. The summed E-state index contributed by atoms with van der Waals surface area (Å²) < 4.78 is 11.7. The van der Waals surface area contributed by atoms with Crippen LogP contribution in [0.5, 0.6) is 11.6 Å². The van der Waals surface area contributed by atoms with E-state index in [1.54, 1.807) is 7.11 Å². The maximum atomic E-state index is 6.52. The molecule has 4 nitrogen and oxygen atoms in total. The number of piperidine rings is 1. The van der Waals surface area contributed by atoms with Gasteiger partial charge in [-0.2, -0.15) is 0 Å². The number of aryl methyl sites for hydroxylation is 1. The molecule has 3 heterocycles. The van der Waals surface area contributed by atoms with Crippen molar-refractivity contribution in [2.24, 2.45) is 0 Å². The molecule has 1 aromatic heterocycles. The predicted molar refractivity (Wildman–Crippen MR) is 99.3 cm³/mol. The van der Waals surface area contributed by atoms with Crippen molar-refractivity contribution in [3.05, 3.63) is 42.1 Å². The van der Waals surface area contributed by atoms with Crippen LogP contribution >= 0.6 is 0 Å². The first kappa shape index (κ1) is 16.4. The first-order chi connectivity index (χ1) is 12.2. The Labute approximate surface area is 149 Å². The van der Waals surface area contributed by atoms with E-state index in [0.29, 0.717) is 5.88 Å². The Bertz CT molecular complexity index is 734. The van der Waals surface area contributed by atoms with Gasteiger partial charge in [-0.3, -0.25) is 0 Å². The van der Waals surface area contributed by atoms with Gasteiger partial charge in [-0.25, -0.2) is 4.98 Å². The van der Waals surface area contributed by atoms with Gasteiger partial charge in [0.25, 0.3) is 0 Å². The number of fused-ring (bicyclic) bond motifs is 1. The SMILES string of the molecule is CCN1CCC2(CCc3cc(-c4ccc(OC)nc4)ccc3O2)CC1. The highest BCUT2D eigenvalue weighted by molar-refractivity contribution is 5.65. The zero-order valence-corrected chi connectivity index (χ0v) is 15.1. The average Bonchev–Trinajstić information content (AvgIpc) is 2.68. The Kier molecular flexibility index (Phi) is 4.38. The number of ether oxygens (including phenoxy) is 2. The van der Waals surface area contributed by atoms with E-state index in [2.05, 4.69) is 41.1 Å². The summed E-state index contributed by atoms with van der Waals surface area (Å²) in [6.07, 6.45) is 6.38. The zero-order chi connectivity index (χ0) is 17.3. The van der Waals surface area contributed by atoms with Crippen molar-refractivity contribution in [3.63, 3.8) is 0 Å². The summed E-state index contributed by atoms with van der Waals surface area (Å²) in [7, 11) is 1.64. The predicted octanol–water partition coefficient (Wildman–Crippen LogP) is 3.94. The molecule has 132 valence electrons. The number of aromatic nitrogens is 1. The lowest BCUT2D eigenvalue weighted by atomic mass is 9.82. The van der Waals surface area contributed by atoms with Crippen LogP contribution in [0.1, 0.15) is 31.7 Å². The van der Waals surface area contributed by atoms with Crippen LogP contribution in [0.4, 0.5) is 0 Å². The highest BCUT2D eigenvalue weighted by Gasteiger charge is 2.39. The van der Waals surface area contributed by atoms with Gasteiger partial charge in [0, 0.05) is 30.9 Å². The fourth-order valence-electron chi connectivity index (χ4n) is 4.00. The molecule has 25 heavy (non-hydrogen) atoms. The highest BCUT2D eigenvalue weighted by atomic mass is 16.5. The molecule has 0 bridgehead atoms. The molecule has 0 atom stereocenters. The van der Waals surface area contributed by atoms with E-state index in [0.717, 1.165) is 56.6 Å². The van der Waals surface area contributed by atoms with E-state index in [-0.39, 0.29) is 5.60 Å². The van der Waals surface area contributed by atoms with Crippen LogP contribution in [0.15, 0.2) is 36.5 Å². The summed E-state index contributed by atoms with van der Waals surface area (Å²) in [4.78, 5) is 6.83. The standard InChI is InChI=1S/C21H26N2O2/c1-3-23-12-10-21(11-13-23)9-8-17-14-16(4-6-19(17)25-21)18-5-7-20(24-2)22-15-18/h4-7,14-15H,3,8-13H2,1-2H3. The molecule has 0 amide bonds. The van der Waals surface area contributed by atoms with Crippen molar-refractivity contribution in [2.75, 3.05) is 26.7 Å². The molecular weight excluding hydrogens is 312 g/mol. The van der Waals surface area contributed by atoms with E-state index in [1.807, 2.05) is 12.3 Å². The maximum absolute atomic E-state index is 6.52. The molecule has 0 unspecified atom stereocenters. The number of pyridine rings is 1. The van der Waals surface area contributed by atoms with Crippen LogP contribution in [-0.2, 0) is 6.42 Å². The Morgan fingerprint density at radius 3 is 2.60 bits per heavy atom. The van der Waals surface area contributed by atoms with Crippen molar-refractivity contribution in [3.8, 4) is 22.8 Å². The van der Waals surface area contributed by atoms with Crippen LogP contribution in [0.25, 0.3) is 11.1 Å². The number of rotatable bonds is 3. The van der Waals surface area contributed by atoms with Gasteiger partial charge < -0.3 is 14.4 Å². The fraction of sp³-hybridized carbons (Fsp3) is 0.476. The summed E-state index contributed by atoms with van der Waals surface area (Å²) >= 11 is 0. The number of benzene rings is 1. The van der Waals surface area contributed by atoms with Gasteiger partial charge in [-0.1, -0.05) is 13.0 Å². The van der Waals surface area contributed by atoms with Crippen LogP contribution in [0.3, 0.4) is 0 Å². The van der Waals surface area contributed by atoms with Gasteiger partial charge in [0.15, 0.2) is 0 Å². The molecule has 1 fully saturated rings. The summed E-state index contributed by atoms with van der Waals surface area (Å²) in [6.45, 7) is 5.69. The van der Waals surface area contributed by atoms with Crippen molar-refractivity contribution >= 4 is 0 Å². The van der Waals surface area contributed by atoms with E-state index in [4.69, 9.17) is 9.47 Å². The van der Waals surface area contributed by atoms with Crippen molar-refractivity contribution in [1.29, 1.82) is 0 Å². The quantitative estimate of drug-likeness (QED) is 0.849. The molecular formula is C21H26N2O2. The summed E-state index contributed by atoms with van der Waals surface area (Å²) in [5.41, 5.74) is 3.67. The molecule has 0 radical (unpaired) electrons. The lowest BCUT2D eigenvalue weighted by Gasteiger charge is -2.44. The Morgan fingerprint density at radius 2 is 1.92 bits per heavy atom. The zero-order valence-electron chi connectivity index (χ0n) is 15.1. The normalized spacial score (nSPS) is 19.3. The van der Waals surface area contributed by atoms with E-state index >= 15 is 0 Å². The van der Waals surface area contributed by atoms with Crippen LogP contribution in [0, 0.1) is 0 Å². The second-order valence-electron chi connectivity index (χ2n) is 7.13. The number of methoxy groups -OCH3 is 1. The third-order valence-corrected chi connectivity index (χ3v) is 5.73. The minimum Gasteiger partial charge on any atom is -0.487 e. The number of hydrogen-bond donors (Lipinski definition) is 0. The van der Waals surface area contributed by atoms with Gasteiger partial charge >= 0.3 is 0 Å². The molecule has 0 aliphatic carbocycles. The van der Waals surface area contributed by atoms with E-state index < -0.39 is 0 Å². The largest absolute Gasteiger partial charge is 0.487 e. The molecule has 2 aromatic rings. The van der Waals surface area contributed by atoms with Gasteiger partial charge in [-0.05, 0) is 61.6 Å². The number of nitrogens with zero attached hydrogens (tertiary/aromatic N) is 2. The Hall–Kier alpha value is -2.07. The molecule has 4 rings (SSSR count). The van der Waals surface area contributed by atoms with Gasteiger partial charge in [-0.15, -0.1) is 0 Å². The average molecular weight is 338 g/mol. The van der Waals surface area contributed by atoms with Crippen molar-refractivity contribution < 1.29 is 9.47 Å². The van der Waals surface area contributed by atoms with Gasteiger partial charge in [0.1, 0.15) is 11.4 Å². The molecule has 0 saturated carbocycles. The molecule has 4 heteroatoms. The third kappa shape index (κ3) is 3.23. The third-order valence-electron chi connectivity index (χ3n) is 5.73. The summed E-state index contributed by atoms with van der Waals surface area (Å²) in [5.74, 6) is 1.71. The second kappa shape index (κ2) is 6.68. The fourth-order valence-corrected chi connectivity index (χ4v) is 4.00. The van der Waals surface area contributed by atoms with Crippen molar-refractivity contribution in [1.82, 2.24) is 9.88 Å².